The molecule has 0 aliphatic carbocycles. The topological polar surface area (TPSA) is 26.0 Å². The zero-order valence-electron chi connectivity index (χ0n) is 7.53. The molecule has 0 fully saturated rings. The van der Waals surface area contributed by atoms with Gasteiger partial charge < -0.3 is 5.73 Å². The molecule has 0 radical (unpaired) electrons. The fourth-order valence-corrected chi connectivity index (χ4v) is 0.994. The van der Waals surface area contributed by atoms with Gasteiger partial charge in [-0.2, -0.15) is 13.2 Å². The standard InChI is InChI=1S/C10H7F4N/c11-9-7(4-2-6-15)3-1-5-8(9)10(12,13)14/h1,3,5H,6,15H2. The second kappa shape index (κ2) is 4.32. The van der Waals surface area contributed by atoms with Crippen LogP contribution in [0.25, 0.3) is 0 Å². The summed E-state index contributed by atoms with van der Waals surface area (Å²) in [6, 6.07) is 2.95. The Balaban J connectivity index is 3.23. The molecule has 1 aromatic rings. The summed E-state index contributed by atoms with van der Waals surface area (Å²) >= 11 is 0. The zero-order valence-corrected chi connectivity index (χ0v) is 7.53. The number of rotatable bonds is 0. The van der Waals surface area contributed by atoms with E-state index in [0.29, 0.717) is 6.07 Å². The average molecular weight is 217 g/mol. The van der Waals surface area contributed by atoms with Crippen molar-refractivity contribution in [1.29, 1.82) is 0 Å². The molecule has 2 N–H and O–H groups in total. The van der Waals surface area contributed by atoms with E-state index in [1.54, 1.807) is 0 Å². The molecule has 0 unspecified atom stereocenters. The minimum Gasteiger partial charge on any atom is -0.320 e. The maximum absolute atomic E-state index is 13.2. The van der Waals surface area contributed by atoms with Crippen molar-refractivity contribution < 1.29 is 17.6 Å². The van der Waals surface area contributed by atoms with Crippen LogP contribution in [0.3, 0.4) is 0 Å². The maximum atomic E-state index is 13.2. The van der Waals surface area contributed by atoms with Crippen molar-refractivity contribution >= 4 is 0 Å². The van der Waals surface area contributed by atoms with Gasteiger partial charge in [0.1, 0.15) is 0 Å². The third-order valence-electron chi connectivity index (χ3n) is 1.63. The summed E-state index contributed by atoms with van der Waals surface area (Å²) in [6.07, 6.45) is -4.70. The Labute approximate surface area is 83.9 Å². The lowest BCUT2D eigenvalue weighted by atomic mass is 10.1. The van der Waals surface area contributed by atoms with Crippen molar-refractivity contribution in [3.8, 4) is 11.8 Å². The Morgan fingerprint density at radius 3 is 2.47 bits per heavy atom. The quantitative estimate of drug-likeness (QED) is 0.523. The predicted molar refractivity (Wildman–Crippen MR) is 47.3 cm³/mol. The van der Waals surface area contributed by atoms with Gasteiger partial charge in [-0.15, -0.1) is 0 Å². The molecule has 0 spiro atoms. The lowest BCUT2D eigenvalue weighted by Gasteiger charge is -2.08. The van der Waals surface area contributed by atoms with E-state index >= 15 is 0 Å². The van der Waals surface area contributed by atoms with Crippen molar-refractivity contribution in [3.63, 3.8) is 0 Å². The van der Waals surface area contributed by atoms with E-state index in [1.165, 1.54) is 6.07 Å². The van der Waals surface area contributed by atoms with Crippen LogP contribution in [-0.4, -0.2) is 6.54 Å². The van der Waals surface area contributed by atoms with Crippen molar-refractivity contribution in [2.75, 3.05) is 6.54 Å². The molecular formula is C10H7F4N. The molecule has 0 heterocycles. The SMILES string of the molecule is NCC#Cc1cccc(C(F)(F)F)c1F. The molecule has 5 heteroatoms. The van der Waals surface area contributed by atoms with Gasteiger partial charge in [-0.05, 0) is 12.1 Å². The van der Waals surface area contributed by atoms with Crippen LogP contribution in [0.5, 0.6) is 0 Å². The van der Waals surface area contributed by atoms with Gasteiger partial charge in [0.05, 0.1) is 17.7 Å². The van der Waals surface area contributed by atoms with Gasteiger partial charge in [-0.3, -0.25) is 0 Å². The number of nitrogens with two attached hydrogens (primary N) is 1. The zero-order chi connectivity index (χ0) is 11.5. The Morgan fingerprint density at radius 2 is 1.93 bits per heavy atom. The van der Waals surface area contributed by atoms with Gasteiger partial charge in [0, 0.05) is 0 Å². The van der Waals surface area contributed by atoms with Gasteiger partial charge >= 0.3 is 6.18 Å². The van der Waals surface area contributed by atoms with Crippen LogP contribution in [0.4, 0.5) is 17.6 Å². The molecule has 0 saturated heterocycles. The van der Waals surface area contributed by atoms with Crippen LogP contribution in [0.15, 0.2) is 18.2 Å². The molecule has 0 aliphatic heterocycles. The first-order valence-corrected chi connectivity index (χ1v) is 4.01. The highest BCUT2D eigenvalue weighted by Gasteiger charge is 2.34. The highest BCUT2D eigenvalue weighted by molar-refractivity contribution is 5.39. The predicted octanol–water partition coefficient (Wildman–Crippen LogP) is 2.15. The fraction of sp³-hybridized carbons (Fsp3) is 0.200. The molecule has 80 valence electrons. The van der Waals surface area contributed by atoms with Crippen LogP contribution in [-0.2, 0) is 6.18 Å². The largest absolute Gasteiger partial charge is 0.419 e. The Kier molecular flexibility index (Phi) is 3.32. The summed E-state index contributed by atoms with van der Waals surface area (Å²) in [5.74, 6) is 3.17. The molecule has 0 aromatic heterocycles. The monoisotopic (exact) mass is 217 g/mol. The van der Waals surface area contributed by atoms with E-state index in [-0.39, 0.29) is 12.1 Å². The summed E-state index contributed by atoms with van der Waals surface area (Å²) in [6.45, 7) is -0.0321. The number of hydrogen-bond donors (Lipinski definition) is 1. The van der Waals surface area contributed by atoms with E-state index < -0.39 is 17.6 Å². The first-order valence-electron chi connectivity index (χ1n) is 4.01. The van der Waals surface area contributed by atoms with Crippen molar-refractivity contribution in [1.82, 2.24) is 0 Å². The molecule has 0 atom stereocenters. The number of halogens is 4. The molecule has 1 nitrogen and oxygen atoms in total. The summed E-state index contributed by atoms with van der Waals surface area (Å²) in [5.41, 5.74) is 3.42. The lowest BCUT2D eigenvalue weighted by molar-refractivity contribution is -0.140. The average Bonchev–Trinajstić information content (AvgIpc) is 2.14. The van der Waals surface area contributed by atoms with Crippen molar-refractivity contribution in [3.05, 3.63) is 35.1 Å². The minimum absolute atomic E-state index is 0.0321. The van der Waals surface area contributed by atoms with Crippen molar-refractivity contribution in [2.45, 2.75) is 6.18 Å². The first kappa shape index (κ1) is 11.5. The van der Waals surface area contributed by atoms with Gasteiger partial charge in [0.15, 0.2) is 5.82 Å². The maximum Gasteiger partial charge on any atom is 0.419 e. The highest BCUT2D eigenvalue weighted by Crippen LogP contribution is 2.32. The summed E-state index contributed by atoms with van der Waals surface area (Å²) in [5, 5.41) is 0. The molecule has 0 saturated carbocycles. The highest BCUT2D eigenvalue weighted by atomic mass is 19.4. The summed E-state index contributed by atoms with van der Waals surface area (Å²) < 4.78 is 49.9. The molecule has 1 rings (SSSR count). The Bertz CT molecular complexity index is 412. The van der Waals surface area contributed by atoms with E-state index in [9.17, 15) is 17.6 Å². The summed E-state index contributed by atoms with van der Waals surface area (Å²) in [7, 11) is 0. The Hall–Kier alpha value is -1.54. The first-order chi connectivity index (χ1) is 6.96. The third-order valence-corrected chi connectivity index (χ3v) is 1.63. The van der Waals surface area contributed by atoms with Crippen LogP contribution in [0.2, 0.25) is 0 Å². The van der Waals surface area contributed by atoms with Gasteiger partial charge in [-0.1, -0.05) is 17.9 Å². The van der Waals surface area contributed by atoms with Gasteiger partial charge in [0.2, 0.25) is 0 Å². The smallest absolute Gasteiger partial charge is 0.320 e. The Morgan fingerprint density at radius 1 is 1.27 bits per heavy atom. The molecule has 0 amide bonds. The molecular weight excluding hydrogens is 210 g/mol. The molecule has 0 bridgehead atoms. The number of hydrogen-bond acceptors (Lipinski definition) is 1. The van der Waals surface area contributed by atoms with Crippen molar-refractivity contribution in [2.24, 2.45) is 5.73 Å². The van der Waals surface area contributed by atoms with E-state index in [1.807, 2.05) is 0 Å². The van der Waals surface area contributed by atoms with E-state index in [0.717, 1.165) is 6.07 Å². The third kappa shape index (κ3) is 2.70. The second-order valence-electron chi connectivity index (χ2n) is 2.67. The summed E-state index contributed by atoms with van der Waals surface area (Å²) in [4.78, 5) is 0. The van der Waals surface area contributed by atoms with E-state index in [4.69, 9.17) is 5.73 Å². The molecule has 0 aliphatic rings. The van der Waals surface area contributed by atoms with Gasteiger partial charge in [-0.25, -0.2) is 4.39 Å². The van der Waals surface area contributed by atoms with E-state index in [2.05, 4.69) is 11.8 Å². The van der Waals surface area contributed by atoms with Crippen LogP contribution >= 0.6 is 0 Å². The van der Waals surface area contributed by atoms with Gasteiger partial charge in [0.25, 0.3) is 0 Å². The second-order valence-corrected chi connectivity index (χ2v) is 2.67. The number of benzene rings is 1. The lowest BCUT2D eigenvalue weighted by Crippen LogP contribution is -2.09. The molecule has 1 aromatic carbocycles. The molecule has 15 heavy (non-hydrogen) atoms. The van der Waals surface area contributed by atoms with Crippen LogP contribution in [0, 0.1) is 17.7 Å². The normalized spacial score (nSPS) is 10.7. The van der Waals surface area contributed by atoms with Crippen LogP contribution < -0.4 is 5.73 Å². The van der Waals surface area contributed by atoms with Crippen LogP contribution in [0.1, 0.15) is 11.1 Å². The minimum atomic E-state index is -4.70. The fourth-order valence-electron chi connectivity index (χ4n) is 0.994. The number of alkyl halides is 3.